The molecule has 2 aliphatic heterocycles. The summed E-state index contributed by atoms with van der Waals surface area (Å²) in [6, 6.07) is 0. The monoisotopic (exact) mass is 211 g/mol. The average Bonchev–Trinajstić information content (AvgIpc) is 2.77. The van der Waals surface area contributed by atoms with Gasteiger partial charge in [0.1, 0.15) is 0 Å². The molecule has 0 amide bonds. The van der Waals surface area contributed by atoms with Gasteiger partial charge in [-0.25, -0.2) is 0 Å². The Bertz CT molecular complexity index is 181. The molecule has 0 spiro atoms. The summed E-state index contributed by atoms with van der Waals surface area (Å²) in [6.07, 6.45) is 9.45. The standard InChI is InChI=1S/C13H25NO/c1-2-13(7-3-9-14-13)8-4-12-5-10-15-11-6-12/h12,14H,2-11H2,1H3. The predicted molar refractivity (Wildman–Crippen MR) is 63.0 cm³/mol. The third-order valence-electron chi connectivity index (χ3n) is 4.38. The van der Waals surface area contributed by atoms with Gasteiger partial charge < -0.3 is 10.1 Å². The third-order valence-corrected chi connectivity index (χ3v) is 4.38. The van der Waals surface area contributed by atoms with E-state index in [0.717, 1.165) is 19.1 Å². The summed E-state index contributed by atoms with van der Waals surface area (Å²) < 4.78 is 5.41. The number of ether oxygens (including phenoxy) is 1. The van der Waals surface area contributed by atoms with Crippen LogP contribution in [0.25, 0.3) is 0 Å². The Kier molecular flexibility index (Phi) is 4.04. The molecule has 0 radical (unpaired) electrons. The molecule has 0 aromatic rings. The Hall–Kier alpha value is -0.0800. The number of hydrogen-bond donors (Lipinski definition) is 1. The summed E-state index contributed by atoms with van der Waals surface area (Å²) in [5.74, 6) is 0.935. The molecule has 0 aliphatic carbocycles. The maximum Gasteiger partial charge on any atom is 0.0468 e. The van der Waals surface area contributed by atoms with Crippen LogP contribution in [0.5, 0.6) is 0 Å². The Labute approximate surface area is 93.8 Å². The highest BCUT2D eigenvalue weighted by Gasteiger charge is 2.31. The summed E-state index contributed by atoms with van der Waals surface area (Å²) in [5.41, 5.74) is 0.498. The molecule has 2 aliphatic rings. The van der Waals surface area contributed by atoms with E-state index < -0.39 is 0 Å². The van der Waals surface area contributed by atoms with Crippen molar-refractivity contribution in [1.29, 1.82) is 0 Å². The highest BCUT2D eigenvalue weighted by atomic mass is 16.5. The van der Waals surface area contributed by atoms with Crippen LogP contribution in [0.2, 0.25) is 0 Å². The summed E-state index contributed by atoms with van der Waals surface area (Å²) in [4.78, 5) is 0. The SMILES string of the molecule is CCC1(CCC2CCOCC2)CCCN1. The lowest BCUT2D eigenvalue weighted by Crippen LogP contribution is -2.39. The van der Waals surface area contributed by atoms with Crippen LogP contribution in [-0.4, -0.2) is 25.3 Å². The minimum Gasteiger partial charge on any atom is -0.381 e. The molecule has 0 aromatic heterocycles. The fourth-order valence-corrected chi connectivity index (χ4v) is 3.08. The summed E-state index contributed by atoms with van der Waals surface area (Å²) in [6.45, 7) is 5.57. The topological polar surface area (TPSA) is 21.3 Å². The normalized spacial score (nSPS) is 33.4. The second-order valence-electron chi connectivity index (χ2n) is 5.26. The second-order valence-corrected chi connectivity index (χ2v) is 5.26. The summed E-state index contributed by atoms with van der Waals surface area (Å²) in [7, 11) is 0. The van der Waals surface area contributed by atoms with E-state index in [-0.39, 0.29) is 0 Å². The van der Waals surface area contributed by atoms with E-state index in [1.54, 1.807) is 0 Å². The number of rotatable bonds is 4. The van der Waals surface area contributed by atoms with Crippen molar-refractivity contribution in [3.8, 4) is 0 Å². The van der Waals surface area contributed by atoms with Crippen LogP contribution < -0.4 is 5.32 Å². The van der Waals surface area contributed by atoms with Crippen LogP contribution in [0.1, 0.15) is 51.9 Å². The van der Waals surface area contributed by atoms with Crippen molar-refractivity contribution in [3.63, 3.8) is 0 Å². The minimum atomic E-state index is 0.498. The van der Waals surface area contributed by atoms with Gasteiger partial charge in [0.15, 0.2) is 0 Å². The van der Waals surface area contributed by atoms with E-state index >= 15 is 0 Å². The lowest BCUT2D eigenvalue weighted by molar-refractivity contribution is 0.0605. The molecule has 88 valence electrons. The van der Waals surface area contributed by atoms with Gasteiger partial charge >= 0.3 is 0 Å². The van der Waals surface area contributed by atoms with Crippen LogP contribution >= 0.6 is 0 Å². The first kappa shape index (κ1) is 11.4. The average molecular weight is 211 g/mol. The Morgan fingerprint density at radius 3 is 2.73 bits per heavy atom. The highest BCUT2D eigenvalue weighted by molar-refractivity contribution is 4.92. The first-order valence-corrected chi connectivity index (χ1v) is 6.67. The first-order chi connectivity index (χ1) is 7.35. The second kappa shape index (κ2) is 5.31. The molecule has 15 heavy (non-hydrogen) atoms. The van der Waals surface area contributed by atoms with Crippen molar-refractivity contribution < 1.29 is 4.74 Å². The van der Waals surface area contributed by atoms with Crippen LogP contribution in [0, 0.1) is 5.92 Å². The highest BCUT2D eigenvalue weighted by Crippen LogP contribution is 2.31. The van der Waals surface area contributed by atoms with Crippen molar-refractivity contribution in [3.05, 3.63) is 0 Å². The summed E-state index contributed by atoms with van der Waals surface area (Å²) in [5, 5.41) is 3.73. The van der Waals surface area contributed by atoms with Gasteiger partial charge in [-0.15, -0.1) is 0 Å². The molecule has 2 heterocycles. The molecule has 1 atom stereocenters. The lowest BCUT2D eigenvalue weighted by atomic mass is 9.83. The molecule has 0 saturated carbocycles. The molecule has 2 nitrogen and oxygen atoms in total. The molecule has 2 fully saturated rings. The third kappa shape index (κ3) is 2.94. The van der Waals surface area contributed by atoms with Crippen molar-refractivity contribution in [1.82, 2.24) is 5.32 Å². The van der Waals surface area contributed by atoms with E-state index in [1.807, 2.05) is 0 Å². The smallest absolute Gasteiger partial charge is 0.0468 e. The number of hydrogen-bond acceptors (Lipinski definition) is 2. The van der Waals surface area contributed by atoms with E-state index in [1.165, 1.54) is 51.5 Å². The van der Waals surface area contributed by atoms with E-state index in [2.05, 4.69) is 12.2 Å². The minimum absolute atomic E-state index is 0.498. The zero-order chi connectivity index (χ0) is 10.6. The Morgan fingerprint density at radius 1 is 1.33 bits per heavy atom. The summed E-state index contributed by atoms with van der Waals surface area (Å²) >= 11 is 0. The predicted octanol–water partition coefficient (Wildman–Crippen LogP) is 2.73. The van der Waals surface area contributed by atoms with Crippen molar-refractivity contribution in [2.75, 3.05) is 19.8 Å². The maximum atomic E-state index is 5.41. The molecule has 2 heteroatoms. The van der Waals surface area contributed by atoms with Crippen LogP contribution in [-0.2, 0) is 4.74 Å². The maximum absolute atomic E-state index is 5.41. The zero-order valence-electron chi connectivity index (χ0n) is 10.1. The largest absolute Gasteiger partial charge is 0.381 e. The van der Waals surface area contributed by atoms with Gasteiger partial charge in [0.25, 0.3) is 0 Å². The zero-order valence-corrected chi connectivity index (χ0v) is 10.1. The molecule has 1 N–H and O–H groups in total. The van der Waals surface area contributed by atoms with Gasteiger partial charge in [-0.3, -0.25) is 0 Å². The lowest BCUT2D eigenvalue weighted by Gasteiger charge is -2.31. The van der Waals surface area contributed by atoms with Crippen molar-refractivity contribution in [2.45, 2.75) is 57.4 Å². The van der Waals surface area contributed by atoms with Gasteiger partial charge in [-0.2, -0.15) is 0 Å². The van der Waals surface area contributed by atoms with Crippen molar-refractivity contribution >= 4 is 0 Å². The first-order valence-electron chi connectivity index (χ1n) is 6.67. The molecule has 0 aromatic carbocycles. The van der Waals surface area contributed by atoms with Crippen LogP contribution in [0.15, 0.2) is 0 Å². The van der Waals surface area contributed by atoms with E-state index in [4.69, 9.17) is 4.74 Å². The fraction of sp³-hybridized carbons (Fsp3) is 1.00. The van der Waals surface area contributed by atoms with Gasteiger partial charge in [0.05, 0.1) is 0 Å². The van der Waals surface area contributed by atoms with Crippen LogP contribution in [0.4, 0.5) is 0 Å². The Morgan fingerprint density at radius 2 is 2.13 bits per heavy atom. The van der Waals surface area contributed by atoms with Gasteiger partial charge in [-0.1, -0.05) is 6.92 Å². The quantitative estimate of drug-likeness (QED) is 0.772. The van der Waals surface area contributed by atoms with Crippen LogP contribution in [0.3, 0.4) is 0 Å². The van der Waals surface area contributed by atoms with Gasteiger partial charge in [-0.05, 0) is 57.4 Å². The molecule has 2 saturated heterocycles. The Balaban J connectivity index is 1.75. The molecular weight excluding hydrogens is 186 g/mol. The van der Waals surface area contributed by atoms with Crippen molar-refractivity contribution in [2.24, 2.45) is 5.92 Å². The molecular formula is C13H25NO. The fourth-order valence-electron chi connectivity index (χ4n) is 3.08. The molecule has 0 bridgehead atoms. The van der Waals surface area contributed by atoms with Gasteiger partial charge in [0.2, 0.25) is 0 Å². The number of nitrogens with one attached hydrogen (secondary N) is 1. The molecule has 1 unspecified atom stereocenters. The van der Waals surface area contributed by atoms with E-state index in [9.17, 15) is 0 Å². The van der Waals surface area contributed by atoms with Gasteiger partial charge in [0, 0.05) is 18.8 Å². The van der Waals surface area contributed by atoms with E-state index in [0.29, 0.717) is 5.54 Å². The molecule has 2 rings (SSSR count).